The third-order valence-corrected chi connectivity index (χ3v) is 10.9. The van der Waals surface area contributed by atoms with Crippen LogP contribution >= 0.6 is 11.8 Å². The monoisotopic (exact) mass is 591 g/mol. The van der Waals surface area contributed by atoms with Crippen molar-refractivity contribution in [3.63, 3.8) is 0 Å². The fourth-order valence-electron chi connectivity index (χ4n) is 8.10. The smallest absolute Gasteiger partial charge is 0.326 e. The molecule has 0 spiro atoms. The van der Waals surface area contributed by atoms with E-state index in [1.165, 1.54) is 11.8 Å². The van der Waals surface area contributed by atoms with Gasteiger partial charge in [-0.15, -0.1) is 0 Å². The fourth-order valence-corrected chi connectivity index (χ4v) is 8.57. The summed E-state index contributed by atoms with van der Waals surface area (Å²) in [6, 6.07) is -1.05. The molecule has 11 heteroatoms. The molecule has 0 bridgehead atoms. The number of amides is 1. The Hall–Kier alpha value is -2.50. The van der Waals surface area contributed by atoms with Crippen molar-refractivity contribution in [2.45, 2.75) is 83.0 Å². The lowest BCUT2D eigenvalue weighted by atomic mass is 9.46. The zero-order chi connectivity index (χ0) is 30.2. The molecule has 4 aliphatic carbocycles. The first-order valence-electron chi connectivity index (χ1n) is 14.3. The largest absolute Gasteiger partial charge is 0.480 e. The highest BCUT2D eigenvalue weighted by Gasteiger charge is 2.68. The van der Waals surface area contributed by atoms with Gasteiger partial charge in [0.2, 0.25) is 11.7 Å². The molecule has 0 aromatic rings. The number of carboxylic acids is 1. The van der Waals surface area contributed by atoms with Gasteiger partial charge in [0.05, 0.1) is 12.5 Å². The second-order valence-electron chi connectivity index (χ2n) is 12.4. The van der Waals surface area contributed by atoms with Gasteiger partial charge in [0.1, 0.15) is 11.6 Å². The number of thioether (sulfide) groups is 1. The molecule has 0 aromatic carbocycles. The number of hydrogen-bond donors (Lipinski definition) is 4. The van der Waals surface area contributed by atoms with Crippen LogP contribution in [0.25, 0.3) is 0 Å². The van der Waals surface area contributed by atoms with Crippen LogP contribution in [-0.2, 0) is 28.7 Å². The highest BCUT2D eigenvalue weighted by atomic mass is 32.2. The minimum Gasteiger partial charge on any atom is -0.480 e. The third-order valence-electron chi connectivity index (χ3n) is 10.3. The van der Waals surface area contributed by atoms with Crippen molar-refractivity contribution < 1.29 is 44.0 Å². The fraction of sp³-hybridized carbons (Fsp3) is 0.700. The number of carbonyl (C=O) groups is 5. The zero-order valence-corrected chi connectivity index (χ0v) is 24.7. The maximum Gasteiger partial charge on any atom is 0.326 e. The van der Waals surface area contributed by atoms with Crippen LogP contribution in [0.3, 0.4) is 0 Å². The Morgan fingerprint density at radius 3 is 2.61 bits per heavy atom. The van der Waals surface area contributed by atoms with Gasteiger partial charge in [0, 0.05) is 23.2 Å². The van der Waals surface area contributed by atoms with Crippen LogP contribution in [0.5, 0.6) is 0 Å². The molecule has 0 radical (unpaired) electrons. The highest BCUT2D eigenvalue weighted by Crippen LogP contribution is 2.67. The van der Waals surface area contributed by atoms with Gasteiger partial charge in [-0.05, 0) is 74.5 Å². The molecule has 41 heavy (non-hydrogen) atoms. The summed E-state index contributed by atoms with van der Waals surface area (Å²) in [6.45, 7) is 3.25. The third kappa shape index (κ3) is 5.77. The number of aliphatic carboxylic acids is 1. The summed E-state index contributed by atoms with van der Waals surface area (Å²) in [4.78, 5) is 61.2. The normalized spacial score (nSPS) is 36.3. The van der Waals surface area contributed by atoms with E-state index in [1.807, 2.05) is 19.3 Å². The molecular weight excluding hydrogens is 550 g/mol. The summed E-state index contributed by atoms with van der Waals surface area (Å²) in [5.74, 6) is -2.77. The van der Waals surface area contributed by atoms with E-state index >= 15 is 0 Å². The Bertz CT molecular complexity index is 1170. The Kier molecular flexibility index (Phi) is 9.21. The van der Waals surface area contributed by atoms with E-state index in [2.05, 4.69) is 12.2 Å². The molecule has 4 aliphatic rings. The molecule has 0 saturated heterocycles. The van der Waals surface area contributed by atoms with Gasteiger partial charge in [-0.3, -0.25) is 19.2 Å². The number of nitrogens with one attached hydrogen (secondary N) is 1. The summed E-state index contributed by atoms with van der Waals surface area (Å²) in [6.07, 6.45) is 8.30. The number of allylic oxidation sites excluding steroid dienone is 4. The Morgan fingerprint density at radius 1 is 1.20 bits per heavy atom. The van der Waals surface area contributed by atoms with Crippen molar-refractivity contribution in [2.24, 2.45) is 28.6 Å². The summed E-state index contributed by atoms with van der Waals surface area (Å²) < 4.78 is 5.14. The van der Waals surface area contributed by atoms with Crippen molar-refractivity contribution in [3.05, 3.63) is 23.8 Å². The number of aliphatic hydroxyl groups is 2. The summed E-state index contributed by atoms with van der Waals surface area (Å²) in [5, 5.41) is 34.9. The molecule has 0 aliphatic heterocycles. The van der Waals surface area contributed by atoms with Gasteiger partial charge in [-0.25, -0.2) is 4.79 Å². The second kappa shape index (κ2) is 12.0. The van der Waals surface area contributed by atoms with Crippen LogP contribution in [0.2, 0.25) is 0 Å². The molecular formula is C30H41NO9S. The molecule has 8 atom stereocenters. The van der Waals surface area contributed by atoms with Crippen LogP contribution in [0.15, 0.2) is 23.8 Å². The van der Waals surface area contributed by atoms with Gasteiger partial charge >= 0.3 is 11.9 Å². The lowest BCUT2D eigenvalue weighted by molar-refractivity contribution is -0.181. The van der Waals surface area contributed by atoms with E-state index in [0.29, 0.717) is 12.2 Å². The minimum atomic E-state index is -1.78. The van der Waals surface area contributed by atoms with E-state index in [-0.39, 0.29) is 55.6 Å². The predicted octanol–water partition coefficient (Wildman–Crippen LogP) is 2.21. The van der Waals surface area contributed by atoms with E-state index < -0.39 is 58.8 Å². The van der Waals surface area contributed by atoms with E-state index in [4.69, 9.17) is 4.74 Å². The number of carbonyl (C=O) groups excluding carboxylic acids is 4. The Balaban J connectivity index is 1.36. The number of ether oxygens (including phenoxy) is 1. The average molecular weight is 592 g/mol. The Morgan fingerprint density at radius 2 is 1.93 bits per heavy atom. The summed E-state index contributed by atoms with van der Waals surface area (Å²) in [7, 11) is 0. The number of fused-ring (bicyclic) bond motifs is 5. The number of carboxylic acid groups (broad SMARTS) is 1. The number of esters is 1. The first-order chi connectivity index (χ1) is 19.3. The van der Waals surface area contributed by atoms with Crippen LogP contribution in [0, 0.1) is 28.6 Å². The van der Waals surface area contributed by atoms with Gasteiger partial charge in [-0.2, -0.15) is 11.8 Å². The second-order valence-corrected chi connectivity index (χ2v) is 13.4. The molecule has 0 unspecified atom stereocenters. The molecule has 3 saturated carbocycles. The number of rotatable bonds is 11. The van der Waals surface area contributed by atoms with E-state index in [9.17, 15) is 39.3 Å². The molecule has 0 heterocycles. The molecule has 4 N–H and O–H groups in total. The lowest BCUT2D eigenvalue weighted by Gasteiger charge is -2.59. The molecule has 4 rings (SSSR count). The van der Waals surface area contributed by atoms with Gasteiger partial charge in [-0.1, -0.05) is 25.5 Å². The van der Waals surface area contributed by atoms with Gasteiger partial charge in [0.25, 0.3) is 0 Å². The quantitative estimate of drug-likeness (QED) is 0.262. The topological polar surface area (TPSA) is 167 Å². The predicted molar refractivity (Wildman–Crippen MR) is 151 cm³/mol. The van der Waals surface area contributed by atoms with Crippen molar-refractivity contribution in [2.75, 3.05) is 18.6 Å². The molecule has 1 amide bonds. The maximum absolute atomic E-state index is 13.4. The van der Waals surface area contributed by atoms with Crippen molar-refractivity contribution >= 4 is 41.2 Å². The van der Waals surface area contributed by atoms with Gasteiger partial charge in [0.15, 0.2) is 12.4 Å². The van der Waals surface area contributed by atoms with Crippen LogP contribution < -0.4 is 5.32 Å². The lowest BCUT2D eigenvalue weighted by Crippen LogP contribution is -2.61. The van der Waals surface area contributed by atoms with E-state index in [0.717, 1.165) is 18.4 Å². The maximum atomic E-state index is 13.4. The first kappa shape index (κ1) is 31.4. The number of hydrogen-bond acceptors (Lipinski definition) is 9. The van der Waals surface area contributed by atoms with E-state index in [1.54, 1.807) is 12.2 Å². The summed E-state index contributed by atoms with van der Waals surface area (Å²) >= 11 is 1.46. The molecule has 10 nitrogen and oxygen atoms in total. The Labute approximate surface area is 244 Å². The molecule has 0 aromatic heterocycles. The van der Waals surface area contributed by atoms with Crippen molar-refractivity contribution in [1.29, 1.82) is 0 Å². The SMILES string of the molecule is CSCC[C@H](NC(=O)CCC(=O)OCC(=O)[C@@]1(O)CC[C@H]2[C@@H]3CCC4=CC(=O)C=C[C@]4(C)[C@@H]3[C@@H](O)C[C@@]21C)C(=O)O. The van der Waals surface area contributed by atoms with Crippen LogP contribution in [-0.4, -0.2) is 81.1 Å². The van der Waals surface area contributed by atoms with Crippen LogP contribution in [0.1, 0.15) is 65.2 Å². The standard InChI is InChI=1S/C30H41NO9S/c1-28-11-8-18(32)14-17(28)4-5-19-20-9-12-30(39,29(20,2)15-22(33)26(19)28)23(34)16-40-25(36)7-6-24(35)31-21(27(37)38)10-13-41-3/h8,11,14,19-22,26,33,39H,4-7,9-10,12-13,15-16H2,1-3H3,(H,31,35)(H,37,38)/t19-,20-,21-,22-,26-,28-,29-,30-/m0/s1. The van der Waals surface area contributed by atoms with Gasteiger partial charge < -0.3 is 25.4 Å². The number of aliphatic hydroxyl groups excluding tert-OH is 1. The first-order valence-corrected chi connectivity index (χ1v) is 15.7. The molecule has 3 fully saturated rings. The van der Waals surface area contributed by atoms with Crippen molar-refractivity contribution in [3.8, 4) is 0 Å². The van der Waals surface area contributed by atoms with Crippen molar-refractivity contribution in [1.82, 2.24) is 5.32 Å². The number of ketones is 2. The minimum absolute atomic E-state index is 0.0260. The molecule has 226 valence electrons. The average Bonchev–Trinajstić information content (AvgIpc) is 3.19. The zero-order valence-electron chi connectivity index (χ0n) is 23.9. The highest BCUT2D eigenvalue weighted by molar-refractivity contribution is 7.98. The summed E-state index contributed by atoms with van der Waals surface area (Å²) in [5.41, 5.74) is -2.12. The number of Topliss-reactive ketones (excluding diaryl/α,β-unsaturated/α-hetero) is 1. The van der Waals surface area contributed by atoms with Crippen LogP contribution in [0.4, 0.5) is 0 Å².